The lowest BCUT2D eigenvalue weighted by Crippen LogP contribution is -2.44. The number of esters is 1. The maximum atomic E-state index is 13.1. The Hall–Kier alpha value is -4.71. The number of likely N-dealkylation sites (N-methyl/N-ethyl adjacent to an activating group) is 1. The van der Waals surface area contributed by atoms with E-state index >= 15 is 0 Å². The van der Waals surface area contributed by atoms with Crippen molar-refractivity contribution in [3.8, 4) is 22.6 Å². The minimum Gasteiger partial charge on any atom is -0.496 e. The Balaban J connectivity index is 1.38. The van der Waals surface area contributed by atoms with Crippen molar-refractivity contribution in [3.63, 3.8) is 0 Å². The summed E-state index contributed by atoms with van der Waals surface area (Å²) in [7, 11) is 2.97. The van der Waals surface area contributed by atoms with Gasteiger partial charge in [0, 0.05) is 37.3 Å². The second-order valence-corrected chi connectivity index (χ2v) is 10.8. The van der Waals surface area contributed by atoms with E-state index in [0.29, 0.717) is 17.1 Å². The predicted molar refractivity (Wildman–Crippen MR) is 165 cm³/mol. The summed E-state index contributed by atoms with van der Waals surface area (Å²) in [5.74, 6) is -0.134. The molecule has 0 radical (unpaired) electrons. The molecule has 232 valence electrons. The molecule has 1 aliphatic carbocycles. The van der Waals surface area contributed by atoms with Crippen molar-refractivity contribution in [2.24, 2.45) is 0 Å². The third-order valence-corrected chi connectivity index (χ3v) is 7.82. The van der Waals surface area contributed by atoms with Gasteiger partial charge in [-0.1, -0.05) is 48.5 Å². The van der Waals surface area contributed by atoms with Gasteiger partial charge in [-0.3, -0.25) is 9.59 Å². The molecule has 12 heteroatoms. The highest BCUT2D eigenvalue weighted by Crippen LogP contribution is 2.44. The van der Waals surface area contributed by atoms with E-state index in [-0.39, 0.29) is 49.2 Å². The second kappa shape index (κ2) is 15.7. The normalized spacial score (nSPS) is 12.2. The van der Waals surface area contributed by atoms with Crippen LogP contribution < -0.4 is 25.4 Å². The van der Waals surface area contributed by atoms with E-state index in [1.807, 2.05) is 48.5 Å². The molecule has 3 aromatic rings. The number of amides is 3. The van der Waals surface area contributed by atoms with Gasteiger partial charge in [-0.2, -0.15) is 0 Å². The summed E-state index contributed by atoms with van der Waals surface area (Å²) in [5, 5.41) is 7.74. The number of thioether (sulfide) groups is 1. The number of carbonyl (C=O) groups is 4. The minimum atomic E-state index is -1.05. The number of carbonyl (C=O) groups excluding carboxylic acids is 4. The van der Waals surface area contributed by atoms with Gasteiger partial charge in [0.05, 0.1) is 13.0 Å². The molecule has 0 fully saturated rings. The molecule has 0 aromatic heterocycles. The summed E-state index contributed by atoms with van der Waals surface area (Å²) in [6.07, 6.45) is -0.760. The van der Waals surface area contributed by atoms with Gasteiger partial charge in [-0.15, -0.1) is 11.8 Å². The summed E-state index contributed by atoms with van der Waals surface area (Å²) >= 11 is 1.25. The zero-order chi connectivity index (χ0) is 31.5. The van der Waals surface area contributed by atoms with E-state index in [1.54, 1.807) is 18.2 Å². The summed E-state index contributed by atoms with van der Waals surface area (Å²) in [6.45, 7) is 1.18. The van der Waals surface area contributed by atoms with E-state index in [0.717, 1.165) is 22.3 Å². The fourth-order valence-corrected chi connectivity index (χ4v) is 5.56. The van der Waals surface area contributed by atoms with Crippen LogP contribution in [0.5, 0.6) is 11.5 Å². The highest BCUT2D eigenvalue weighted by atomic mass is 32.2. The molecule has 4 rings (SSSR count). The number of methoxy groups -OCH3 is 1. The average molecular weight is 622 g/mol. The van der Waals surface area contributed by atoms with Crippen molar-refractivity contribution in [3.05, 3.63) is 83.4 Å². The molecule has 0 heterocycles. The average Bonchev–Trinajstić information content (AvgIpc) is 3.36. The lowest BCUT2D eigenvalue weighted by atomic mass is 9.98. The topological polar surface area (TPSA) is 141 Å². The number of fused-ring (bicyclic) bond motifs is 3. The first-order chi connectivity index (χ1) is 21.3. The van der Waals surface area contributed by atoms with Gasteiger partial charge in [-0.05, 0) is 34.4 Å². The first-order valence-corrected chi connectivity index (χ1v) is 15.1. The van der Waals surface area contributed by atoms with Crippen LogP contribution in [0.4, 0.5) is 4.79 Å². The van der Waals surface area contributed by atoms with Gasteiger partial charge in [0.25, 0.3) is 5.91 Å². The van der Waals surface area contributed by atoms with Gasteiger partial charge in [0.2, 0.25) is 5.91 Å². The molecule has 0 spiro atoms. The molecular formula is C32H35N3O8S. The SMILES string of the molecule is CNC(=O)COc1ccc(COC(=O)[C@@H](CSCNC(C)=O)NC(=O)OCC2c3ccccc3-c3ccccc32)c(OC)c1. The lowest BCUT2D eigenvalue weighted by Gasteiger charge is -2.19. The monoisotopic (exact) mass is 621 g/mol. The van der Waals surface area contributed by atoms with Crippen LogP contribution in [0.1, 0.15) is 29.5 Å². The Labute approximate surface area is 260 Å². The zero-order valence-electron chi connectivity index (χ0n) is 24.7. The summed E-state index contributed by atoms with van der Waals surface area (Å²) in [5.41, 5.74) is 4.91. The Bertz CT molecular complexity index is 1450. The maximum absolute atomic E-state index is 13.1. The van der Waals surface area contributed by atoms with Crippen LogP contribution in [0, 0.1) is 0 Å². The molecular weight excluding hydrogens is 586 g/mol. The number of hydrogen-bond acceptors (Lipinski definition) is 9. The fraction of sp³-hybridized carbons (Fsp3) is 0.312. The van der Waals surface area contributed by atoms with Crippen LogP contribution in [0.15, 0.2) is 66.7 Å². The molecule has 3 N–H and O–H groups in total. The molecule has 44 heavy (non-hydrogen) atoms. The minimum absolute atomic E-state index is 0.0895. The number of hydrogen-bond donors (Lipinski definition) is 3. The van der Waals surface area contributed by atoms with Crippen molar-refractivity contribution >= 4 is 35.6 Å². The number of nitrogens with one attached hydrogen (secondary N) is 3. The number of ether oxygens (including phenoxy) is 4. The molecule has 3 amide bonds. The molecule has 0 saturated carbocycles. The van der Waals surface area contributed by atoms with Crippen molar-refractivity contribution in [1.82, 2.24) is 16.0 Å². The molecule has 0 saturated heterocycles. The summed E-state index contributed by atoms with van der Waals surface area (Å²) in [4.78, 5) is 48.8. The molecule has 1 aliphatic rings. The van der Waals surface area contributed by atoms with Crippen molar-refractivity contribution < 1.29 is 38.1 Å². The Morgan fingerprint density at radius 3 is 2.25 bits per heavy atom. The van der Waals surface area contributed by atoms with E-state index in [9.17, 15) is 19.2 Å². The van der Waals surface area contributed by atoms with Gasteiger partial charge in [0.1, 0.15) is 30.8 Å². The predicted octanol–water partition coefficient (Wildman–Crippen LogP) is 3.60. The molecule has 3 aromatic carbocycles. The second-order valence-electron chi connectivity index (χ2n) is 9.81. The van der Waals surface area contributed by atoms with Crippen LogP contribution >= 0.6 is 11.8 Å². The van der Waals surface area contributed by atoms with E-state index in [1.165, 1.54) is 32.8 Å². The first-order valence-electron chi connectivity index (χ1n) is 13.9. The zero-order valence-corrected chi connectivity index (χ0v) is 25.5. The lowest BCUT2D eigenvalue weighted by molar-refractivity contribution is -0.146. The van der Waals surface area contributed by atoms with Crippen LogP contribution in [0.3, 0.4) is 0 Å². The first kappa shape index (κ1) is 32.2. The smallest absolute Gasteiger partial charge is 0.407 e. The highest BCUT2D eigenvalue weighted by molar-refractivity contribution is 7.99. The van der Waals surface area contributed by atoms with Gasteiger partial charge in [-0.25, -0.2) is 9.59 Å². The quantitative estimate of drug-likeness (QED) is 0.140. The molecule has 0 unspecified atom stereocenters. The third-order valence-electron chi connectivity index (χ3n) is 6.91. The Kier molecular flexibility index (Phi) is 11.5. The highest BCUT2D eigenvalue weighted by Gasteiger charge is 2.30. The molecule has 0 aliphatic heterocycles. The van der Waals surface area contributed by atoms with Gasteiger partial charge < -0.3 is 34.9 Å². The van der Waals surface area contributed by atoms with Crippen LogP contribution in [-0.4, -0.2) is 68.9 Å². The number of alkyl carbamates (subject to hydrolysis) is 1. The van der Waals surface area contributed by atoms with Crippen LogP contribution in [-0.2, 0) is 30.5 Å². The summed E-state index contributed by atoms with van der Waals surface area (Å²) < 4.78 is 22.0. The summed E-state index contributed by atoms with van der Waals surface area (Å²) in [6, 6.07) is 19.8. The van der Waals surface area contributed by atoms with Crippen molar-refractivity contribution in [2.45, 2.75) is 25.5 Å². The number of rotatable bonds is 14. The van der Waals surface area contributed by atoms with Crippen molar-refractivity contribution in [2.75, 3.05) is 39.0 Å². The number of benzene rings is 3. The maximum Gasteiger partial charge on any atom is 0.407 e. The van der Waals surface area contributed by atoms with E-state index in [2.05, 4.69) is 16.0 Å². The van der Waals surface area contributed by atoms with E-state index < -0.39 is 18.1 Å². The van der Waals surface area contributed by atoms with Crippen molar-refractivity contribution in [1.29, 1.82) is 0 Å². The fourth-order valence-electron chi connectivity index (χ4n) is 4.68. The van der Waals surface area contributed by atoms with Gasteiger partial charge in [0.15, 0.2) is 6.61 Å². The van der Waals surface area contributed by atoms with Crippen LogP contribution in [0.25, 0.3) is 11.1 Å². The molecule has 0 bridgehead atoms. The largest absolute Gasteiger partial charge is 0.496 e. The molecule has 11 nitrogen and oxygen atoms in total. The third kappa shape index (κ3) is 8.44. The van der Waals surface area contributed by atoms with E-state index in [4.69, 9.17) is 18.9 Å². The van der Waals surface area contributed by atoms with Crippen LogP contribution in [0.2, 0.25) is 0 Å². The Morgan fingerprint density at radius 1 is 0.932 bits per heavy atom. The standard InChI is InChI=1S/C32H35N3O8S/c1-20(36)34-19-44-18-28(31(38)42-15-21-12-13-22(14-29(21)40-3)41-17-30(37)33-2)35-32(39)43-16-27-25-10-6-4-8-23(25)24-9-5-7-11-26(24)27/h4-14,27-28H,15-19H2,1-3H3,(H,33,37)(H,34,36)(H,35,39)/t28-/m1/s1. The molecule has 1 atom stereocenters. The Morgan fingerprint density at radius 2 is 1.61 bits per heavy atom. The van der Waals surface area contributed by atoms with Gasteiger partial charge >= 0.3 is 12.1 Å².